The first-order valence-corrected chi connectivity index (χ1v) is 14.3. The average molecular weight is 613 g/mol. The molecule has 0 spiro atoms. The molecule has 1 N–H and O–H groups in total. The van der Waals surface area contributed by atoms with Crippen LogP contribution in [0.4, 0.5) is 0 Å². The van der Waals surface area contributed by atoms with Gasteiger partial charge in [0.05, 0.1) is 28.2 Å². The molecule has 212 valence electrons. The molecule has 0 unspecified atom stereocenters. The quantitative estimate of drug-likeness (QED) is 0.245. The van der Waals surface area contributed by atoms with E-state index in [1.165, 1.54) is 0 Å². The van der Waals surface area contributed by atoms with E-state index in [-0.39, 0.29) is 29.6 Å². The zero-order valence-corrected chi connectivity index (χ0v) is 24.9. The summed E-state index contributed by atoms with van der Waals surface area (Å²) >= 11 is 13.1. The SMILES string of the molecule is CCOC(=O)C1=C(O)/C(=C/c2ccc(OCc3ccc(Cl)c(Cl)c3)c(OCC)c2)SC1=NC(=O)c1ccccc1C. The molecule has 3 aromatic rings. The second-order valence-electron chi connectivity index (χ2n) is 8.77. The number of carbonyl (C=O) groups excluding carboxylic acids is 2. The molecule has 1 heterocycles. The third kappa shape index (κ3) is 7.33. The maximum absolute atomic E-state index is 13.0. The highest BCUT2D eigenvalue weighted by Gasteiger charge is 2.34. The second-order valence-corrected chi connectivity index (χ2v) is 10.6. The summed E-state index contributed by atoms with van der Waals surface area (Å²) in [5, 5.41) is 12.0. The van der Waals surface area contributed by atoms with Crippen molar-refractivity contribution in [3.8, 4) is 11.5 Å². The second kappa shape index (κ2) is 13.8. The Balaban J connectivity index is 1.64. The Kier molecular flexibility index (Phi) is 10.2. The number of rotatable bonds is 9. The van der Waals surface area contributed by atoms with E-state index < -0.39 is 11.9 Å². The fraction of sp³-hybridized carbons (Fsp3) is 0.194. The Morgan fingerprint density at radius 2 is 1.73 bits per heavy atom. The van der Waals surface area contributed by atoms with Gasteiger partial charge in [-0.3, -0.25) is 4.79 Å². The van der Waals surface area contributed by atoms with Crippen molar-refractivity contribution in [1.82, 2.24) is 0 Å². The van der Waals surface area contributed by atoms with Gasteiger partial charge in [-0.1, -0.05) is 65.3 Å². The van der Waals surface area contributed by atoms with Crippen molar-refractivity contribution in [1.29, 1.82) is 0 Å². The van der Waals surface area contributed by atoms with Crippen LogP contribution in [-0.4, -0.2) is 35.2 Å². The minimum atomic E-state index is -0.765. The predicted octanol–water partition coefficient (Wildman–Crippen LogP) is 7.98. The summed E-state index contributed by atoms with van der Waals surface area (Å²) in [7, 11) is 0. The lowest BCUT2D eigenvalue weighted by Crippen LogP contribution is -2.14. The van der Waals surface area contributed by atoms with Gasteiger partial charge in [-0.25, -0.2) is 9.79 Å². The number of thioether (sulfide) groups is 1. The minimum absolute atomic E-state index is 0.0621. The number of hydrogen-bond donors (Lipinski definition) is 1. The van der Waals surface area contributed by atoms with Crippen molar-refractivity contribution in [2.45, 2.75) is 27.4 Å². The van der Waals surface area contributed by atoms with Crippen molar-refractivity contribution in [2.75, 3.05) is 13.2 Å². The van der Waals surface area contributed by atoms with E-state index in [0.717, 1.165) is 22.9 Å². The summed E-state index contributed by atoms with van der Waals surface area (Å²) in [5.74, 6) is -0.607. The molecule has 0 saturated carbocycles. The molecule has 1 aliphatic heterocycles. The number of nitrogens with zero attached hydrogens (tertiary/aromatic N) is 1. The van der Waals surface area contributed by atoms with Gasteiger partial charge in [-0.2, -0.15) is 0 Å². The van der Waals surface area contributed by atoms with Crippen LogP contribution in [0, 0.1) is 6.92 Å². The van der Waals surface area contributed by atoms with Crippen LogP contribution in [0.5, 0.6) is 11.5 Å². The van der Waals surface area contributed by atoms with Crippen LogP contribution < -0.4 is 9.47 Å². The van der Waals surface area contributed by atoms with E-state index in [2.05, 4.69) is 4.99 Å². The molecule has 1 aliphatic rings. The molecule has 0 bridgehead atoms. The van der Waals surface area contributed by atoms with E-state index >= 15 is 0 Å². The fourth-order valence-electron chi connectivity index (χ4n) is 3.90. The van der Waals surface area contributed by atoms with E-state index in [4.69, 9.17) is 37.4 Å². The maximum Gasteiger partial charge on any atom is 0.344 e. The first kappa shape index (κ1) is 30.2. The number of halogens is 2. The van der Waals surface area contributed by atoms with Gasteiger partial charge in [-0.15, -0.1) is 0 Å². The molecule has 7 nitrogen and oxygen atoms in total. The van der Waals surface area contributed by atoms with Gasteiger partial charge in [0.25, 0.3) is 5.91 Å². The van der Waals surface area contributed by atoms with E-state index in [9.17, 15) is 14.7 Å². The van der Waals surface area contributed by atoms with Crippen LogP contribution in [0.2, 0.25) is 10.0 Å². The largest absolute Gasteiger partial charge is 0.506 e. The van der Waals surface area contributed by atoms with Crippen molar-refractivity contribution in [3.05, 3.63) is 109 Å². The van der Waals surface area contributed by atoms with Crippen molar-refractivity contribution >= 4 is 58.0 Å². The zero-order chi connectivity index (χ0) is 29.5. The minimum Gasteiger partial charge on any atom is -0.506 e. The van der Waals surface area contributed by atoms with Crippen molar-refractivity contribution in [2.24, 2.45) is 4.99 Å². The van der Waals surface area contributed by atoms with Gasteiger partial charge >= 0.3 is 5.97 Å². The molecular weight excluding hydrogens is 585 g/mol. The Labute approximate surface area is 252 Å². The normalized spacial score (nSPS) is 15.0. The van der Waals surface area contributed by atoms with E-state index in [1.807, 2.05) is 19.1 Å². The van der Waals surface area contributed by atoms with Crippen LogP contribution in [0.25, 0.3) is 6.08 Å². The van der Waals surface area contributed by atoms with Crippen molar-refractivity contribution in [3.63, 3.8) is 0 Å². The Hall–Kier alpha value is -3.72. The van der Waals surface area contributed by atoms with Gasteiger partial charge in [0.1, 0.15) is 23.0 Å². The van der Waals surface area contributed by atoms with Gasteiger partial charge < -0.3 is 19.3 Å². The smallest absolute Gasteiger partial charge is 0.344 e. The van der Waals surface area contributed by atoms with Crippen LogP contribution >= 0.6 is 35.0 Å². The summed E-state index contributed by atoms with van der Waals surface area (Å²) in [4.78, 5) is 30.2. The molecule has 0 fully saturated rings. The number of aryl methyl sites for hydroxylation is 1. The summed E-state index contributed by atoms with van der Waals surface area (Å²) in [6, 6.07) is 17.6. The number of amides is 1. The van der Waals surface area contributed by atoms with Crippen LogP contribution in [-0.2, 0) is 16.1 Å². The number of ether oxygens (including phenoxy) is 3. The fourth-order valence-corrected chi connectivity index (χ4v) is 5.23. The molecule has 3 aromatic carbocycles. The first-order chi connectivity index (χ1) is 19.7. The Morgan fingerprint density at radius 3 is 2.44 bits per heavy atom. The molecule has 4 rings (SSSR count). The monoisotopic (exact) mass is 611 g/mol. The molecule has 0 radical (unpaired) electrons. The third-order valence-corrected chi connectivity index (χ3v) is 7.65. The molecular formula is C31H27Cl2NO6S. The lowest BCUT2D eigenvalue weighted by Gasteiger charge is -2.13. The number of aliphatic hydroxyl groups is 1. The highest BCUT2D eigenvalue weighted by atomic mass is 35.5. The van der Waals surface area contributed by atoms with Gasteiger partial charge in [0, 0.05) is 5.56 Å². The average Bonchev–Trinajstić information content (AvgIpc) is 3.24. The Morgan fingerprint density at radius 1 is 0.951 bits per heavy atom. The summed E-state index contributed by atoms with van der Waals surface area (Å²) in [6.07, 6.45) is 1.67. The number of carbonyl (C=O) groups is 2. The van der Waals surface area contributed by atoms with Gasteiger partial charge in [0.15, 0.2) is 11.5 Å². The lowest BCUT2D eigenvalue weighted by atomic mass is 10.1. The van der Waals surface area contributed by atoms with Crippen molar-refractivity contribution < 1.29 is 28.9 Å². The topological polar surface area (TPSA) is 94.4 Å². The highest BCUT2D eigenvalue weighted by molar-refractivity contribution is 8.18. The number of hydrogen-bond acceptors (Lipinski definition) is 7. The molecule has 0 aromatic heterocycles. The third-order valence-electron chi connectivity index (χ3n) is 5.89. The summed E-state index contributed by atoms with van der Waals surface area (Å²) < 4.78 is 16.9. The summed E-state index contributed by atoms with van der Waals surface area (Å²) in [5.41, 5.74) is 2.50. The molecule has 0 saturated heterocycles. The summed E-state index contributed by atoms with van der Waals surface area (Å²) in [6.45, 7) is 6.05. The standard InChI is InChI=1S/C31H27Cl2NO6S/c1-4-38-25-15-19(11-13-24(25)40-17-20-10-12-22(32)23(33)14-20)16-26-28(35)27(31(37)39-5-2)30(41-26)34-29(36)21-9-7-6-8-18(21)3/h6-16,35H,4-5,17H2,1-3H3/b26-16-,34-30?. The van der Waals surface area contributed by atoms with Crippen LogP contribution in [0.3, 0.4) is 0 Å². The maximum atomic E-state index is 13.0. The molecule has 0 aliphatic carbocycles. The van der Waals surface area contributed by atoms with Gasteiger partial charge in [0.2, 0.25) is 0 Å². The number of aliphatic imine (C=N–C) groups is 1. The van der Waals surface area contributed by atoms with Gasteiger partial charge in [-0.05, 0) is 73.9 Å². The lowest BCUT2D eigenvalue weighted by molar-refractivity contribution is -0.138. The Bertz CT molecular complexity index is 1580. The number of esters is 1. The van der Waals surface area contributed by atoms with E-state index in [0.29, 0.717) is 44.2 Å². The molecule has 0 atom stereocenters. The number of aliphatic hydroxyl groups excluding tert-OH is 1. The molecule has 1 amide bonds. The van der Waals surface area contributed by atoms with Crippen LogP contribution in [0.1, 0.15) is 40.9 Å². The first-order valence-electron chi connectivity index (χ1n) is 12.7. The van der Waals surface area contributed by atoms with Crippen LogP contribution in [0.15, 0.2) is 81.9 Å². The zero-order valence-electron chi connectivity index (χ0n) is 22.6. The highest BCUT2D eigenvalue weighted by Crippen LogP contribution is 2.40. The van der Waals surface area contributed by atoms with E-state index in [1.54, 1.807) is 68.5 Å². The number of benzene rings is 3. The predicted molar refractivity (Wildman–Crippen MR) is 163 cm³/mol. The molecule has 41 heavy (non-hydrogen) atoms. The molecule has 10 heteroatoms.